The lowest BCUT2D eigenvalue weighted by Crippen LogP contribution is -2.30. The molecule has 86 valence electrons. The molecule has 0 amide bonds. The molecule has 0 aromatic rings. The third-order valence-electron chi connectivity index (χ3n) is 3.80. The normalized spacial score (nSPS) is 22.7. The molecule has 2 heteroatoms. The van der Waals surface area contributed by atoms with Crippen molar-refractivity contribution in [2.75, 3.05) is 0 Å². The molecular formula is C13H24OSi. The Morgan fingerprint density at radius 1 is 1.13 bits per heavy atom. The molecule has 15 heavy (non-hydrogen) atoms. The summed E-state index contributed by atoms with van der Waals surface area (Å²) in [6, 6.07) is 1.18. The zero-order valence-corrected chi connectivity index (χ0v) is 12.2. The highest BCUT2D eigenvalue weighted by Crippen LogP contribution is 2.38. The van der Waals surface area contributed by atoms with Crippen molar-refractivity contribution in [1.29, 1.82) is 0 Å². The predicted molar refractivity (Wildman–Crippen MR) is 69.3 cm³/mol. The van der Waals surface area contributed by atoms with Crippen LogP contribution in [0.2, 0.25) is 19.1 Å². The maximum Gasteiger partial charge on any atom is 0.244 e. The summed E-state index contributed by atoms with van der Waals surface area (Å²) in [4.78, 5) is 0. The van der Waals surface area contributed by atoms with Gasteiger partial charge in [0.15, 0.2) is 0 Å². The van der Waals surface area contributed by atoms with E-state index in [0.717, 1.165) is 0 Å². The summed E-state index contributed by atoms with van der Waals surface area (Å²) in [5.74, 6) is 1.73. The molecular weight excluding hydrogens is 200 g/mol. The van der Waals surface area contributed by atoms with E-state index in [1.54, 1.807) is 0 Å². The molecule has 0 spiro atoms. The number of allylic oxidation sites excluding steroid dienone is 3. The van der Waals surface area contributed by atoms with Gasteiger partial charge >= 0.3 is 0 Å². The Hall–Kier alpha value is -0.503. The molecule has 0 bridgehead atoms. The summed E-state index contributed by atoms with van der Waals surface area (Å²) in [6.07, 6.45) is 0. The third kappa shape index (κ3) is 2.36. The minimum Gasteiger partial charge on any atom is -0.546 e. The molecule has 0 N–H and O–H groups in total. The lowest BCUT2D eigenvalue weighted by Gasteiger charge is -2.27. The van der Waals surface area contributed by atoms with Crippen molar-refractivity contribution >= 4 is 8.32 Å². The van der Waals surface area contributed by atoms with E-state index < -0.39 is 8.32 Å². The van der Waals surface area contributed by atoms with E-state index in [-0.39, 0.29) is 0 Å². The van der Waals surface area contributed by atoms with E-state index in [4.69, 9.17) is 4.43 Å². The van der Waals surface area contributed by atoms with Crippen molar-refractivity contribution in [2.45, 2.75) is 53.8 Å². The first-order valence-electron chi connectivity index (χ1n) is 5.87. The minimum absolute atomic E-state index is 0.489. The van der Waals surface area contributed by atoms with Crippen LogP contribution >= 0.6 is 0 Å². The van der Waals surface area contributed by atoms with E-state index in [1.165, 1.54) is 28.5 Å². The second kappa shape index (κ2) is 4.16. The summed E-state index contributed by atoms with van der Waals surface area (Å²) in [5.41, 5.74) is 4.27. The summed E-state index contributed by atoms with van der Waals surface area (Å²) >= 11 is 0. The first kappa shape index (κ1) is 12.6. The molecule has 0 aromatic heterocycles. The van der Waals surface area contributed by atoms with Crippen LogP contribution in [0, 0.1) is 5.92 Å². The second-order valence-corrected chi connectivity index (χ2v) is 9.66. The monoisotopic (exact) mass is 224 g/mol. The van der Waals surface area contributed by atoms with Gasteiger partial charge in [0.1, 0.15) is 0 Å². The van der Waals surface area contributed by atoms with Gasteiger partial charge in [0.2, 0.25) is 8.32 Å². The molecule has 0 saturated heterocycles. The van der Waals surface area contributed by atoms with Crippen LogP contribution in [0.3, 0.4) is 0 Å². The Kier molecular flexibility index (Phi) is 3.49. The highest BCUT2D eigenvalue weighted by molar-refractivity contribution is 6.71. The van der Waals surface area contributed by atoms with Crippen molar-refractivity contribution < 1.29 is 4.43 Å². The summed E-state index contributed by atoms with van der Waals surface area (Å²) < 4.78 is 6.29. The maximum absolute atomic E-state index is 6.29. The van der Waals surface area contributed by atoms with Gasteiger partial charge in [0, 0.05) is 5.92 Å². The molecule has 0 saturated carbocycles. The Bertz CT molecular complexity index is 323. The Balaban J connectivity index is 2.92. The zero-order chi connectivity index (χ0) is 11.8. The van der Waals surface area contributed by atoms with Gasteiger partial charge in [0.05, 0.1) is 5.76 Å². The lowest BCUT2D eigenvalue weighted by molar-refractivity contribution is 0.368. The van der Waals surface area contributed by atoms with Crippen molar-refractivity contribution in [3.63, 3.8) is 0 Å². The molecule has 1 atom stereocenters. The average Bonchev–Trinajstić information content (AvgIpc) is 2.36. The Morgan fingerprint density at radius 3 is 2.00 bits per heavy atom. The van der Waals surface area contributed by atoms with E-state index in [9.17, 15) is 0 Å². The Morgan fingerprint density at radius 2 is 1.67 bits per heavy atom. The molecule has 1 unspecified atom stereocenters. The van der Waals surface area contributed by atoms with E-state index in [2.05, 4.69) is 47.7 Å². The van der Waals surface area contributed by atoms with Crippen LogP contribution in [0.15, 0.2) is 22.5 Å². The van der Waals surface area contributed by atoms with Crippen molar-refractivity contribution in [3.05, 3.63) is 22.5 Å². The average molecular weight is 224 g/mol. The van der Waals surface area contributed by atoms with E-state index in [1.807, 2.05) is 0 Å². The van der Waals surface area contributed by atoms with Crippen LogP contribution in [-0.4, -0.2) is 8.32 Å². The van der Waals surface area contributed by atoms with Gasteiger partial charge in [-0.25, -0.2) is 0 Å². The van der Waals surface area contributed by atoms with Gasteiger partial charge in [-0.05, 0) is 51.1 Å². The van der Waals surface area contributed by atoms with Crippen LogP contribution < -0.4 is 0 Å². The molecule has 1 aliphatic carbocycles. The number of rotatable bonds is 3. The second-order valence-electron chi connectivity index (χ2n) is 5.23. The molecule has 0 heterocycles. The van der Waals surface area contributed by atoms with Gasteiger partial charge in [-0.1, -0.05) is 19.4 Å². The fourth-order valence-electron chi connectivity index (χ4n) is 1.86. The first-order chi connectivity index (χ1) is 6.80. The van der Waals surface area contributed by atoms with E-state index in [0.29, 0.717) is 5.92 Å². The van der Waals surface area contributed by atoms with E-state index >= 15 is 0 Å². The van der Waals surface area contributed by atoms with Crippen LogP contribution in [0.5, 0.6) is 0 Å². The molecule has 1 rings (SSSR count). The fourth-order valence-corrected chi connectivity index (χ4v) is 2.93. The lowest BCUT2D eigenvalue weighted by atomic mass is 10.0. The summed E-state index contributed by atoms with van der Waals surface area (Å²) in [5, 5.41) is 0. The highest BCUT2D eigenvalue weighted by Gasteiger charge is 2.30. The van der Waals surface area contributed by atoms with Gasteiger partial charge in [-0.3, -0.25) is 0 Å². The zero-order valence-electron chi connectivity index (χ0n) is 11.2. The Labute approximate surface area is 95.4 Å². The van der Waals surface area contributed by atoms with Gasteiger partial charge in [-0.15, -0.1) is 0 Å². The van der Waals surface area contributed by atoms with Crippen LogP contribution in [0.25, 0.3) is 0 Å². The van der Waals surface area contributed by atoms with Crippen LogP contribution in [-0.2, 0) is 4.43 Å². The van der Waals surface area contributed by atoms with Crippen molar-refractivity contribution in [2.24, 2.45) is 5.92 Å². The molecule has 1 nitrogen and oxygen atoms in total. The van der Waals surface area contributed by atoms with Gasteiger partial charge in [-0.2, -0.15) is 0 Å². The molecule has 1 aliphatic rings. The third-order valence-corrected chi connectivity index (χ3v) is 6.28. The standard InChI is InChI=1S/C13H24OSi/c1-8-15(6,7)14-13-11(4)9(2)10(3)12(13)5/h11H,8H2,1-7H3. The quantitative estimate of drug-likeness (QED) is 0.642. The van der Waals surface area contributed by atoms with Crippen molar-refractivity contribution in [3.8, 4) is 0 Å². The predicted octanol–water partition coefficient (Wildman–Crippen LogP) is 4.49. The maximum atomic E-state index is 6.29. The van der Waals surface area contributed by atoms with Crippen molar-refractivity contribution in [1.82, 2.24) is 0 Å². The van der Waals surface area contributed by atoms with Gasteiger partial charge < -0.3 is 4.43 Å². The summed E-state index contributed by atoms with van der Waals surface area (Å²) in [7, 11) is -1.47. The molecule has 0 aromatic carbocycles. The molecule has 0 aliphatic heterocycles. The molecule has 0 radical (unpaired) electrons. The fraction of sp³-hybridized carbons (Fsp3) is 0.692. The van der Waals surface area contributed by atoms with Gasteiger partial charge in [0.25, 0.3) is 0 Å². The largest absolute Gasteiger partial charge is 0.546 e. The number of hydrogen-bond donors (Lipinski definition) is 0. The minimum atomic E-state index is -1.47. The van der Waals surface area contributed by atoms with Crippen LogP contribution in [0.1, 0.15) is 34.6 Å². The number of hydrogen-bond acceptors (Lipinski definition) is 1. The summed E-state index contributed by atoms with van der Waals surface area (Å²) in [6.45, 7) is 15.7. The smallest absolute Gasteiger partial charge is 0.244 e. The van der Waals surface area contributed by atoms with Crippen LogP contribution in [0.4, 0.5) is 0 Å². The first-order valence-corrected chi connectivity index (χ1v) is 8.99. The highest BCUT2D eigenvalue weighted by atomic mass is 28.4. The SMILES string of the molecule is CC[Si](C)(C)OC1=C(C)C(C)=C(C)C1C. The molecule has 0 fully saturated rings. The topological polar surface area (TPSA) is 9.23 Å².